The highest BCUT2D eigenvalue weighted by Crippen LogP contribution is 2.25. The summed E-state index contributed by atoms with van der Waals surface area (Å²) < 4.78 is 0. The maximum atomic E-state index is 10.8. The third kappa shape index (κ3) is 2.07. The summed E-state index contributed by atoms with van der Waals surface area (Å²) in [5.74, 6) is 0. The van der Waals surface area contributed by atoms with Gasteiger partial charge in [0.25, 0.3) is 5.69 Å². The zero-order valence-electron chi connectivity index (χ0n) is 10.5. The van der Waals surface area contributed by atoms with Crippen LogP contribution in [0.5, 0.6) is 0 Å². The lowest BCUT2D eigenvalue weighted by Crippen LogP contribution is -2.04. The quantitative estimate of drug-likeness (QED) is 0.591. The van der Waals surface area contributed by atoms with Gasteiger partial charge in [-0.1, -0.05) is 12.1 Å². The molecule has 0 bridgehead atoms. The van der Waals surface area contributed by atoms with Crippen molar-refractivity contribution in [1.82, 2.24) is 0 Å². The minimum Gasteiger partial charge on any atom is -0.258 e. The second-order valence-electron chi connectivity index (χ2n) is 4.18. The fourth-order valence-corrected chi connectivity index (χ4v) is 2.05. The lowest BCUT2D eigenvalue weighted by molar-refractivity contribution is -0.384. The zero-order chi connectivity index (χ0) is 13.3. The Morgan fingerprint density at radius 1 is 1.22 bits per heavy atom. The van der Waals surface area contributed by atoms with Crippen molar-refractivity contribution in [1.29, 1.82) is 0 Å². The lowest BCUT2D eigenvalue weighted by atomic mass is 9.96. The number of nitro groups is 1. The SMILES string of the molecule is CC1=NN=C(C)C1=C(C)c1cccc([N+](=O)[O-])c1. The van der Waals surface area contributed by atoms with Crippen LogP contribution in [0, 0.1) is 10.1 Å². The molecule has 18 heavy (non-hydrogen) atoms. The number of rotatable bonds is 2. The first-order chi connectivity index (χ1) is 8.50. The first-order valence-corrected chi connectivity index (χ1v) is 5.56. The smallest absolute Gasteiger partial charge is 0.258 e. The van der Waals surface area contributed by atoms with E-state index in [1.165, 1.54) is 6.07 Å². The van der Waals surface area contributed by atoms with Crippen LogP contribution in [0.25, 0.3) is 5.57 Å². The molecule has 0 amide bonds. The van der Waals surface area contributed by atoms with Crippen molar-refractivity contribution in [2.75, 3.05) is 0 Å². The number of hydrogen-bond acceptors (Lipinski definition) is 4. The molecule has 0 radical (unpaired) electrons. The van der Waals surface area contributed by atoms with Crippen LogP contribution in [0.1, 0.15) is 26.3 Å². The van der Waals surface area contributed by atoms with E-state index in [1.54, 1.807) is 12.1 Å². The van der Waals surface area contributed by atoms with E-state index in [-0.39, 0.29) is 5.69 Å². The lowest BCUT2D eigenvalue weighted by Gasteiger charge is -2.07. The molecular formula is C13H13N3O2. The topological polar surface area (TPSA) is 67.9 Å². The van der Waals surface area contributed by atoms with Gasteiger partial charge in [-0.25, -0.2) is 0 Å². The van der Waals surface area contributed by atoms with Gasteiger partial charge in [0.05, 0.1) is 16.3 Å². The van der Waals surface area contributed by atoms with Gasteiger partial charge in [-0.2, -0.15) is 10.2 Å². The second kappa shape index (κ2) is 4.52. The predicted molar refractivity (Wildman–Crippen MR) is 71.9 cm³/mol. The summed E-state index contributed by atoms with van der Waals surface area (Å²) in [4.78, 5) is 10.4. The highest BCUT2D eigenvalue weighted by Gasteiger charge is 2.17. The molecule has 0 saturated carbocycles. The average molecular weight is 243 g/mol. The van der Waals surface area contributed by atoms with Gasteiger partial charge in [0.15, 0.2) is 0 Å². The van der Waals surface area contributed by atoms with Crippen LogP contribution in [-0.4, -0.2) is 16.3 Å². The Labute approximate surface area is 105 Å². The van der Waals surface area contributed by atoms with Crippen LogP contribution in [0.2, 0.25) is 0 Å². The van der Waals surface area contributed by atoms with Crippen molar-refractivity contribution in [3.63, 3.8) is 0 Å². The molecule has 2 rings (SSSR count). The van der Waals surface area contributed by atoms with Crippen LogP contribution in [0.15, 0.2) is 40.0 Å². The highest BCUT2D eigenvalue weighted by atomic mass is 16.6. The summed E-state index contributed by atoms with van der Waals surface area (Å²) in [6.07, 6.45) is 0. The van der Waals surface area contributed by atoms with Crippen molar-refractivity contribution < 1.29 is 4.92 Å². The van der Waals surface area contributed by atoms with E-state index in [4.69, 9.17) is 0 Å². The average Bonchev–Trinajstić information content (AvgIpc) is 2.68. The second-order valence-corrected chi connectivity index (χ2v) is 4.18. The van der Waals surface area contributed by atoms with Crippen molar-refractivity contribution in [3.05, 3.63) is 45.5 Å². The molecular weight excluding hydrogens is 230 g/mol. The van der Waals surface area contributed by atoms with Crippen molar-refractivity contribution in [3.8, 4) is 0 Å². The number of nitro benzene ring substituents is 1. The summed E-state index contributed by atoms with van der Waals surface area (Å²) in [6, 6.07) is 6.60. The van der Waals surface area contributed by atoms with Gasteiger partial charge >= 0.3 is 0 Å². The number of benzene rings is 1. The van der Waals surface area contributed by atoms with E-state index in [9.17, 15) is 10.1 Å². The van der Waals surface area contributed by atoms with Gasteiger partial charge in [0.2, 0.25) is 0 Å². The minimum atomic E-state index is -0.391. The molecule has 0 atom stereocenters. The number of non-ortho nitro benzene ring substituents is 1. The van der Waals surface area contributed by atoms with E-state index in [0.717, 1.165) is 28.1 Å². The minimum absolute atomic E-state index is 0.0923. The van der Waals surface area contributed by atoms with Crippen LogP contribution < -0.4 is 0 Å². The third-order valence-electron chi connectivity index (χ3n) is 2.94. The Kier molecular flexibility index (Phi) is 3.06. The zero-order valence-corrected chi connectivity index (χ0v) is 10.5. The van der Waals surface area contributed by atoms with Gasteiger partial charge < -0.3 is 0 Å². The highest BCUT2D eigenvalue weighted by molar-refractivity contribution is 6.29. The molecule has 1 aromatic rings. The first-order valence-electron chi connectivity index (χ1n) is 5.56. The van der Waals surface area contributed by atoms with Gasteiger partial charge in [0.1, 0.15) is 0 Å². The molecule has 0 N–H and O–H groups in total. The molecule has 1 heterocycles. The van der Waals surface area contributed by atoms with E-state index in [0.29, 0.717) is 0 Å². The predicted octanol–water partition coefficient (Wildman–Crippen LogP) is 3.22. The number of allylic oxidation sites excluding steroid dienone is 2. The van der Waals surface area contributed by atoms with E-state index < -0.39 is 4.92 Å². The van der Waals surface area contributed by atoms with Crippen molar-refractivity contribution in [2.24, 2.45) is 10.2 Å². The van der Waals surface area contributed by atoms with Gasteiger partial charge in [-0.15, -0.1) is 0 Å². The Bertz CT molecular complexity index is 592. The molecule has 0 aromatic heterocycles. The Balaban J connectivity index is 2.53. The monoisotopic (exact) mass is 243 g/mol. The van der Waals surface area contributed by atoms with E-state index in [1.807, 2.05) is 26.8 Å². The molecule has 1 aliphatic heterocycles. The molecule has 0 fully saturated rings. The van der Waals surface area contributed by atoms with Crippen LogP contribution >= 0.6 is 0 Å². The molecule has 1 aliphatic rings. The summed E-state index contributed by atoms with van der Waals surface area (Å²) >= 11 is 0. The molecule has 5 nitrogen and oxygen atoms in total. The molecule has 0 spiro atoms. The maximum Gasteiger partial charge on any atom is 0.270 e. The fraction of sp³-hybridized carbons (Fsp3) is 0.231. The van der Waals surface area contributed by atoms with Gasteiger partial charge in [0, 0.05) is 17.7 Å². The Hall–Kier alpha value is -2.30. The van der Waals surface area contributed by atoms with Gasteiger partial charge in [-0.05, 0) is 31.9 Å². The molecule has 0 unspecified atom stereocenters. The Morgan fingerprint density at radius 2 is 1.83 bits per heavy atom. The fourth-order valence-electron chi connectivity index (χ4n) is 2.05. The Morgan fingerprint density at radius 3 is 2.39 bits per heavy atom. The summed E-state index contributed by atoms with van der Waals surface area (Å²) in [6.45, 7) is 5.70. The summed E-state index contributed by atoms with van der Waals surface area (Å²) in [5.41, 5.74) is 4.53. The van der Waals surface area contributed by atoms with Crippen LogP contribution in [0.3, 0.4) is 0 Å². The first kappa shape index (κ1) is 12.2. The summed E-state index contributed by atoms with van der Waals surface area (Å²) in [5, 5.41) is 18.8. The van der Waals surface area contributed by atoms with Crippen molar-refractivity contribution >= 4 is 22.7 Å². The maximum absolute atomic E-state index is 10.8. The molecule has 0 saturated heterocycles. The molecule has 92 valence electrons. The molecule has 5 heteroatoms. The summed E-state index contributed by atoms with van der Waals surface area (Å²) in [7, 11) is 0. The third-order valence-corrected chi connectivity index (χ3v) is 2.94. The molecule has 1 aromatic carbocycles. The standard InChI is InChI=1S/C13H13N3O2/c1-8(13-9(2)14-15-10(13)3)11-5-4-6-12(7-11)16(17)18/h4-7H,1-3H3. The normalized spacial score (nSPS) is 14.3. The van der Waals surface area contributed by atoms with Gasteiger partial charge in [-0.3, -0.25) is 10.1 Å². The van der Waals surface area contributed by atoms with Crippen LogP contribution in [-0.2, 0) is 0 Å². The van der Waals surface area contributed by atoms with Crippen molar-refractivity contribution in [2.45, 2.75) is 20.8 Å². The number of nitrogens with zero attached hydrogens (tertiary/aromatic N) is 3. The van der Waals surface area contributed by atoms with Crippen LogP contribution in [0.4, 0.5) is 5.69 Å². The largest absolute Gasteiger partial charge is 0.270 e. The molecule has 0 aliphatic carbocycles. The van der Waals surface area contributed by atoms with E-state index >= 15 is 0 Å². The number of hydrogen-bond donors (Lipinski definition) is 0. The van der Waals surface area contributed by atoms with E-state index in [2.05, 4.69) is 10.2 Å².